The second-order valence-electron chi connectivity index (χ2n) is 14.3. The van der Waals surface area contributed by atoms with Crippen LogP contribution in [0.25, 0.3) is 0 Å². The van der Waals surface area contributed by atoms with Crippen LogP contribution < -0.4 is 0 Å². The van der Waals surface area contributed by atoms with E-state index in [1.807, 2.05) is 20.8 Å². The first-order chi connectivity index (χ1) is 22.3. The van der Waals surface area contributed by atoms with Crippen LogP contribution in [0.3, 0.4) is 0 Å². The van der Waals surface area contributed by atoms with Gasteiger partial charge in [0.05, 0.1) is 24.4 Å². The fourth-order valence-corrected chi connectivity index (χ4v) is 6.35. The van der Waals surface area contributed by atoms with Gasteiger partial charge in [-0.2, -0.15) is 0 Å². The van der Waals surface area contributed by atoms with Crippen molar-refractivity contribution in [1.82, 2.24) is 0 Å². The maximum absolute atomic E-state index is 11.3. The van der Waals surface area contributed by atoms with Crippen molar-refractivity contribution in [3.63, 3.8) is 0 Å². The lowest BCUT2D eigenvalue weighted by atomic mass is 9.79. The summed E-state index contributed by atoms with van der Waals surface area (Å²) in [4.78, 5) is 44.5. The van der Waals surface area contributed by atoms with Crippen LogP contribution in [-0.2, 0) is 38.1 Å². The molecule has 0 bridgehead atoms. The molecule has 0 aliphatic carbocycles. The average Bonchev–Trinajstić information content (AvgIpc) is 3.34. The van der Waals surface area contributed by atoms with E-state index in [2.05, 4.69) is 67.1 Å². The van der Waals surface area contributed by atoms with E-state index in [4.69, 9.17) is 34.6 Å². The lowest BCUT2D eigenvalue weighted by Crippen LogP contribution is -2.56. The van der Waals surface area contributed by atoms with Gasteiger partial charge in [0, 0.05) is 5.92 Å². The van der Waals surface area contributed by atoms with Crippen molar-refractivity contribution in [1.29, 1.82) is 0 Å². The summed E-state index contributed by atoms with van der Waals surface area (Å²) in [5.74, 6) is 1.92. The first-order valence-corrected chi connectivity index (χ1v) is 17.8. The molecular weight excluding hydrogens is 624 g/mol. The molecule has 0 amide bonds. The smallest absolute Gasteiger partial charge is 0.338 e. The molecule has 0 unspecified atom stereocenters. The zero-order chi connectivity index (χ0) is 37.2. The molecule has 0 aromatic carbocycles. The van der Waals surface area contributed by atoms with Gasteiger partial charge >= 0.3 is 23.9 Å². The summed E-state index contributed by atoms with van der Waals surface area (Å²) in [6.45, 7) is 24.4. The van der Waals surface area contributed by atoms with Crippen LogP contribution in [0.15, 0.2) is 0 Å². The van der Waals surface area contributed by atoms with Crippen molar-refractivity contribution in [3.05, 3.63) is 0 Å². The molecule has 0 aromatic heterocycles. The minimum Gasteiger partial charge on any atom is -0.462 e. The van der Waals surface area contributed by atoms with E-state index in [1.54, 1.807) is 0 Å². The highest BCUT2D eigenvalue weighted by atomic mass is 16.6. The van der Waals surface area contributed by atoms with Gasteiger partial charge in [0.25, 0.3) is 0 Å². The summed E-state index contributed by atoms with van der Waals surface area (Å²) < 4.78 is 20.3. The van der Waals surface area contributed by atoms with Gasteiger partial charge in [-0.1, -0.05) is 89.5 Å². The molecule has 0 saturated carbocycles. The van der Waals surface area contributed by atoms with Crippen LogP contribution in [-0.4, -0.2) is 93.6 Å². The van der Waals surface area contributed by atoms with Crippen molar-refractivity contribution in [2.45, 2.75) is 145 Å². The number of rotatable bonds is 5. The van der Waals surface area contributed by atoms with E-state index in [9.17, 15) is 19.2 Å². The molecule has 4 N–H and O–H groups in total. The zero-order valence-electron chi connectivity index (χ0n) is 31.1. The van der Waals surface area contributed by atoms with Crippen LogP contribution in [0.5, 0.6) is 0 Å². The number of hydrogen-bond donors (Lipinski definition) is 4. The summed E-state index contributed by atoms with van der Waals surface area (Å²) in [6, 6.07) is 0. The van der Waals surface area contributed by atoms with E-state index in [0.29, 0.717) is 35.5 Å². The molecule has 0 spiro atoms. The number of carbonyl (C=O) groups is 4. The Hall–Kier alpha value is -2.28. The Balaban J connectivity index is 0.000000320. The van der Waals surface area contributed by atoms with Crippen LogP contribution in [0.2, 0.25) is 0 Å². The average molecular weight is 689 g/mol. The largest absolute Gasteiger partial charge is 0.462 e. The topological polar surface area (TPSA) is 186 Å². The second kappa shape index (κ2) is 19.8. The normalized spacial score (nSPS) is 41.4. The highest BCUT2D eigenvalue weighted by Gasteiger charge is 2.44. The van der Waals surface area contributed by atoms with Crippen LogP contribution >= 0.6 is 0 Å². The summed E-state index contributed by atoms with van der Waals surface area (Å²) in [7, 11) is 0. The maximum atomic E-state index is 11.3. The van der Waals surface area contributed by atoms with Crippen LogP contribution in [0, 0.1) is 53.3 Å². The standard InChI is InChI=1S/3C10H18O2.C6H10O6/c2*1-5-9-7(3)6(2)8(4)10(11)12-9;1-5-6(2)9-7(3)8(4)10(11)12-9;7-1-2-3(8)4(9)5(10)6(11)12-2/h3*6-9H,5H2,1-4H3;2-5,7-10H,1H2/t2*6-,7-,8+,9+;6-,7-,8-,9-;2-,3-,4+,5-/m0011/s1. The van der Waals surface area contributed by atoms with Crippen LogP contribution in [0.1, 0.15) is 102 Å². The number of aliphatic hydroxyl groups excluding tert-OH is 4. The van der Waals surface area contributed by atoms with Gasteiger partial charge < -0.3 is 39.4 Å². The van der Waals surface area contributed by atoms with Gasteiger partial charge in [-0.05, 0) is 42.4 Å². The predicted molar refractivity (Wildman–Crippen MR) is 178 cm³/mol. The highest BCUT2D eigenvalue weighted by molar-refractivity contribution is 5.76. The van der Waals surface area contributed by atoms with Crippen molar-refractivity contribution >= 4 is 23.9 Å². The molecule has 0 aromatic rings. The Bertz CT molecular complexity index is 933. The van der Waals surface area contributed by atoms with Crippen molar-refractivity contribution in [2.75, 3.05) is 6.61 Å². The minimum atomic E-state index is -1.73. The summed E-state index contributed by atoms with van der Waals surface area (Å²) in [5.41, 5.74) is 0. The van der Waals surface area contributed by atoms with E-state index in [1.165, 1.54) is 0 Å². The van der Waals surface area contributed by atoms with Gasteiger partial charge in [0.15, 0.2) is 12.2 Å². The third kappa shape index (κ3) is 10.9. The molecule has 4 rings (SSSR count). The van der Waals surface area contributed by atoms with Crippen LogP contribution in [0.4, 0.5) is 0 Å². The third-order valence-corrected chi connectivity index (χ3v) is 11.4. The molecule has 48 heavy (non-hydrogen) atoms. The molecule has 4 fully saturated rings. The lowest BCUT2D eigenvalue weighted by Gasteiger charge is -2.36. The monoisotopic (exact) mass is 688 g/mol. The van der Waals surface area contributed by atoms with Gasteiger partial charge in [-0.15, -0.1) is 0 Å². The molecular formula is C36H64O12. The maximum Gasteiger partial charge on any atom is 0.338 e. The van der Waals surface area contributed by atoms with E-state index < -0.39 is 37.0 Å². The van der Waals surface area contributed by atoms with E-state index in [0.717, 1.165) is 19.3 Å². The second-order valence-corrected chi connectivity index (χ2v) is 14.3. The van der Waals surface area contributed by atoms with Crippen molar-refractivity contribution in [2.24, 2.45) is 53.3 Å². The molecule has 4 aliphatic heterocycles. The lowest BCUT2D eigenvalue weighted by molar-refractivity contribution is -0.206. The summed E-state index contributed by atoms with van der Waals surface area (Å²) in [5, 5.41) is 35.5. The molecule has 4 saturated heterocycles. The SMILES string of the molecule is CC[C@@H](C)[C@H]1OC(=O)[C@H](C)[C@H]1C.CC[C@H]1OC(=O)[C@H](C)[C@@H](C)[C@@H]1C.CC[C@H]1OC(=O)[C@H](C)[C@@H](C)[C@@H]1C.O=C1O[C@H](CO)[C@@H](O)[C@H](O)[C@H]1O. The Kier molecular flexibility index (Phi) is 18.0. The molecule has 4 heterocycles. The summed E-state index contributed by atoms with van der Waals surface area (Å²) >= 11 is 0. The van der Waals surface area contributed by atoms with Gasteiger partial charge in [0.1, 0.15) is 30.5 Å². The van der Waals surface area contributed by atoms with Gasteiger partial charge in [-0.3, -0.25) is 14.4 Å². The number of esters is 4. The van der Waals surface area contributed by atoms with Crippen molar-refractivity contribution < 1.29 is 58.6 Å². The fraction of sp³-hybridized carbons (Fsp3) is 0.889. The van der Waals surface area contributed by atoms with E-state index in [-0.39, 0.29) is 54.0 Å². The molecule has 12 heteroatoms. The Morgan fingerprint density at radius 2 is 0.917 bits per heavy atom. The molecule has 280 valence electrons. The Morgan fingerprint density at radius 1 is 0.542 bits per heavy atom. The Labute approximate surface area is 287 Å². The number of ether oxygens (including phenoxy) is 4. The number of hydrogen-bond acceptors (Lipinski definition) is 12. The quantitative estimate of drug-likeness (QED) is 0.243. The van der Waals surface area contributed by atoms with E-state index >= 15 is 0 Å². The molecule has 16 atom stereocenters. The van der Waals surface area contributed by atoms with Crippen molar-refractivity contribution in [3.8, 4) is 0 Å². The summed E-state index contributed by atoms with van der Waals surface area (Å²) in [6.07, 6.45) is -2.54. The highest BCUT2D eigenvalue weighted by Crippen LogP contribution is 2.34. The molecule has 4 aliphatic rings. The Morgan fingerprint density at radius 3 is 1.25 bits per heavy atom. The number of carbonyl (C=O) groups excluding carboxylic acids is 4. The number of cyclic esters (lactones) is 4. The third-order valence-electron chi connectivity index (χ3n) is 11.4. The zero-order valence-corrected chi connectivity index (χ0v) is 31.1. The number of aliphatic hydroxyl groups is 4. The predicted octanol–water partition coefficient (Wildman–Crippen LogP) is 3.68. The first kappa shape index (κ1) is 43.7. The van der Waals surface area contributed by atoms with Gasteiger partial charge in [0.2, 0.25) is 0 Å². The fourth-order valence-electron chi connectivity index (χ4n) is 6.35. The first-order valence-electron chi connectivity index (χ1n) is 17.8. The molecule has 12 nitrogen and oxygen atoms in total. The molecule has 0 radical (unpaired) electrons. The minimum absolute atomic E-state index is 0.0206. The van der Waals surface area contributed by atoms with Gasteiger partial charge in [-0.25, -0.2) is 4.79 Å².